The lowest BCUT2D eigenvalue weighted by Crippen LogP contribution is -2.18. The maximum Gasteiger partial charge on any atom is 0.372 e. The summed E-state index contributed by atoms with van der Waals surface area (Å²) in [6, 6.07) is 11.1. The van der Waals surface area contributed by atoms with E-state index in [1.807, 2.05) is 12.1 Å². The van der Waals surface area contributed by atoms with Gasteiger partial charge in [-0.2, -0.15) is 0 Å². The Morgan fingerprint density at radius 3 is 2.67 bits per heavy atom. The van der Waals surface area contributed by atoms with E-state index in [0.717, 1.165) is 10.0 Å². The molecule has 0 aliphatic carbocycles. The molecule has 142 valence electrons. The van der Waals surface area contributed by atoms with Crippen molar-refractivity contribution in [3.8, 4) is 5.75 Å². The lowest BCUT2D eigenvalue weighted by Gasteiger charge is -2.10. The summed E-state index contributed by atoms with van der Waals surface area (Å²) in [7, 11) is 0. The normalized spacial score (nSPS) is 11.3. The second-order valence-electron chi connectivity index (χ2n) is 5.88. The molecule has 0 amide bonds. The Morgan fingerprint density at radius 1 is 1.30 bits per heavy atom. The van der Waals surface area contributed by atoms with Crippen LogP contribution in [-0.4, -0.2) is 23.3 Å². The third-order valence-electron chi connectivity index (χ3n) is 3.57. The average Bonchev–Trinajstić information content (AvgIpc) is 2.64. The van der Waals surface area contributed by atoms with Gasteiger partial charge in [0.15, 0.2) is 12.4 Å². The third-order valence-corrected chi connectivity index (χ3v) is 4.19. The maximum absolute atomic E-state index is 11.8. The van der Waals surface area contributed by atoms with Crippen LogP contribution in [0.1, 0.15) is 30.9 Å². The number of hydrogen-bond donors (Lipinski definition) is 1. The summed E-state index contributed by atoms with van der Waals surface area (Å²) in [6.07, 6.45) is 0. The minimum absolute atomic E-state index is 0.144. The highest BCUT2D eigenvalue weighted by Crippen LogP contribution is 2.28. The summed E-state index contributed by atoms with van der Waals surface area (Å²) in [6.45, 7) is 3.78. The molecule has 0 heterocycles. The summed E-state index contributed by atoms with van der Waals surface area (Å²) in [5, 5.41) is 14.3. The van der Waals surface area contributed by atoms with Gasteiger partial charge < -0.3 is 15.3 Å². The Hall–Kier alpha value is -2.94. The van der Waals surface area contributed by atoms with Gasteiger partial charge in [0.1, 0.15) is 5.75 Å². The number of benzene rings is 2. The SMILES string of the molecule is CC(C)c1ccc(OCC(=O)O/N=C(/N)c2cccc([N+](=O)[O-])c2)c(Br)c1. The van der Waals surface area contributed by atoms with Gasteiger partial charge in [0.05, 0.1) is 9.40 Å². The van der Waals surface area contributed by atoms with E-state index in [4.69, 9.17) is 15.3 Å². The van der Waals surface area contributed by atoms with Crippen LogP contribution in [0.4, 0.5) is 5.69 Å². The standard InChI is InChI=1S/C18H18BrN3O5/c1-11(2)12-6-7-16(15(19)9-12)26-10-17(23)27-21-18(20)13-4-3-5-14(8-13)22(24)25/h3-9,11H,10H2,1-2H3,(H2,20,21). The number of ether oxygens (including phenoxy) is 1. The molecule has 27 heavy (non-hydrogen) atoms. The molecule has 9 heteroatoms. The number of carbonyl (C=O) groups excluding carboxylic acids is 1. The number of nitro groups is 1. The number of nitro benzene ring substituents is 1. The van der Waals surface area contributed by atoms with E-state index < -0.39 is 10.9 Å². The van der Waals surface area contributed by atoms with Gasteiger partial charge in [-0.15, -0.1) is 0 Å². The zero-order valence-electron chi connectivity index (χ0n) is 14.7. The number of halogens is 1. The molecule has 2 aromatic carbocycles. The Morgan fingerprint density at radius 2 is 2.04 bits per heavy atom. The molecule has 2 N–H and O–H groups in total. The van der Waals surface area contributed by atoms with Gasteiger partial charge in [-0.3, -0.25) is 10.1 Å². The molecular weight excluding hydrogens is 418 g/mol. The molecule has 2 rings (SSSR count). The molecule has 8 nitrogen and oxygen atoms in total. The predicted octanol–water partition coefficient (Wildman–Crippen LogP) is 3.72. The highest BCUT2D eigenvalue weighted by molar-refractivity contribution is 9.10. The first kappa shape index (κ1) is 20.4. The number of non-ortho nitro benzene ring substituents is 1. The van der Waals surface area contributed by atoms with E-state index in [0.29, 0.717) is 11.7 Å². The maximum atomic E-state index is 11.8. The zero-order valence-corrected chi connectivity index (χ0v) is 16.3. The van der Waals surface area contributed by atoms with Crippen LogP contribution in [-0.2, 0) is 9.63 Å². The lowest BCUT2D eigenvalue weighted by molar-refractivity contribution is -0.384. The summed E-state index contributed by atoms with van der Waals surface area (Å²) in [4.78, 5) is 26.7. The van der Waals surface area contributed by atoms with Crippen LogP contribution >= 0.6 is 15.9 Å². The van der Waals surface area contributed by atoms with E-state index in [9.17, 15) is 14.9 Å². The van der Waals surface area contributed by atoms with Gasteiger partial charge in [0.25, 0.3) is 5.69 Å². The molecule has 0 bridgehead atoms. The summed E-state index contributed by atoms with van der Waals surface area (Å²) < 4.78 is 6.12. The fourth-order valence-electron chi connectivity index (χ4n) is 2.09. The van der Waals surface area contributed by atoms with Crippen molar-refractivity contribution in [3.63, 3.8) is 0 Å². The van der Waals surface area contributed by atoms with Crippen LogP contribution < -0.4 is 10.5 Å². The van der Waals surface area contributed by atoms with E-state index in [2.05, 4.69) is 34.9 Å². The molecule has 2 aromatic rings. The molecule has 0 aliphatic heterocycles. The molecule has 0 saturated carbocycles. The van der Waals surface area contributed by atoms with Crippen LogP contribution in [0.3, 0.4) is 0 Å². The van der Waals surface area contributed by atoms with Gasteiger partial charge in [0, 0.05) is 17.7 Å². The summed E-state index contributed by atoms with van der Waals surface area (Å²) in [5.74, 6) is -0.0591. The van der Waals surface area contributed by atoms with Crippen LogP contribution in [0, 0.1) is 10.1 Å². The highest BCUT2D eigenvalue weighted by Gasteiger charge is 2.11. The summed E-state index contributed by atoms with van der Waals surface area (Å²) >= 11 is 3.40. The molecule has 0 aromatic heterocycles. The molecule has 0 saturated heterocycles. The first-order valence-corrected chi connectivity index (χ1v) is 8.77. The predicted molar refractivity (Wildman–Crippen MR) is 104 cm³/mol. The van der Waals surface area contributed by atoms with Crippen LogP contribution in [0.25, 0.3) is 0 Å². The monoisotopic (exact) mass is 435 g/mol. The molecule has 0 unspecified atom stereocenters. The highest BCUT2D eigenvalue weighted by atomic mass is 79.9. The van der Waals surface area contributed by atoms with Crippen molar-refractivity contribution in [2.75, 3.05) is 6.61 Å². The average molecular weight is 436 g/mol. The van der Waals surface area contributed by atoms with Crippen molar-refractivity contribution in [3.05, 3.63) is 68.2 Å². The van der Waals surface area contributed by atoms with Crippen molar-refractivity contribution in [2.24, 2.45) is 10.9 Å². The second-order valence-corrected chi connectivity index (χ2v) is 6.73. The van der Waals surface area contributed by atoms with E-state index in [1.165, 1.54) is 24.3 Å². The quantitative estimate of drug-likeness (QED) is 0.232. The molecule has 0 radical (unpaired) electrons. The number of rotatable bonds is 7. The Kier molecular flexibility index (Phi) is 6.89. The Labute approximate surface area is 164 Å². The smallest absolute Gasteiger partial charge is 0.372 e. The molecule has 0 aliphatic rings. The van der Waals surface area contributed by atoms with Crippen LogP contribution in [0.2, 0.25) is 0 Å². The number of hydrogen-bond acceptors (Lipinski definition) is 6. The van der Waals surface area contributed by atoms with Crippen molar-refractivity contribution < 1.29 is 19.3 Å². The van der Waals surface area contributed by atoms with Crippen LogP contribution in [0.5, 0.6) is 5.75 Å². The topological polar surface area (TPSA) is 117 Å². The largest absolute Gasteiger partial charge is 0.481 e. The minimum Gasteiger partial charge on any atom is -0.481 e. The number of nitrogens with two attached hydrogens (primary N) is 1. The van der Waals surface area contributed by atoms with Gasteiger partial charge in [-0.1, -0.05) is 37.2 Å². The lowest BCUT2D eigenvalue weighted by atomic mass is 10.0. The van der Waals surface area contributed by atoms with E-state index >= 15 is 0 Å². The zero-order chi connectivity index (χ0) is 20.0. The third kappa shape index (κ3) is 5.78. The van der Waals surface area contributed by atoms with Gasteiger partial charge in [-0.05, 0) is 39.5 Å². The van der Waals surface area contributed by atoms with E-state index in [-0.39, 0.29) is 23.7 Å². The van der Waals surface area contributed by atoms with Crippen molar-refractivity contribution in [1.29, 1.82) is 0 Å². The van der Waals surface area contributed by atoms with Gasteiger partial charge >= 0.3 is 5.97 Å². The van der Waals surface area contributed by atoms with Gasteiger partial charge in [0.2, 0.25) is 0 Å². The number of carbonyl (C=O) groups is 1. The number of amidine groups is 1. The summed E-state index contributed by atoms with van der Waals surface area (Å²) in [5.41, 5.74) is 6.95. The minimum atomic E-state index is -0.761. The van der Waals surface area contributed by atoms with Gasteiger partial charge in [-0.25, -0.2) is 4.79 Å². The van der Waals surface area contributed by atoms with Crippen LogP contribution in [0.15, 0.2) is 52.1 Å². The Bertz CT molecular complexity index is 883. The fraction of sp³-hybridized carbons (Fsp3) is 0.222. The van der Waals surface area contributed by atoms with E-state index in [1.54, 1.807) is 6.07 Å². The molecule has 0 spiro atoms. The first-order chi connectivity index (χ1) is 12.8. The van der Waals surface area contributed by atoms with Crippen molar-refractivity contribution >= 4 is 33.4 Å². The molecule has 0 atom stereocenters. The molecular formula is C18H18BrN3O5. The van der Waals surface area contributed by atoms with Crippen molar-refractivity contribution in [1.82, 2.24) is 0 Å². The molecule has 0 fully saturated rings. The fourth-order valence-corrected chi connectivity index (χ4v) is 2.60. The first-order valence-electron chi connectivity index (χ1n) is 7.98. The second kappa shape index (κ2) is 9.13. The number of oxime groups is 1. The number of nitrogens with zero attached hydrogens (tertiary/aromatic N) is 2. The Balaban J connectivity index is 1.95. The van der Waals surface area contributed by atoms with Crippen molar-refractivity contribution in [2.45, 2.75) is 19.8 Å².